The molecule has 2 heterocycles. The Balaban J connectivity index is 1.81. The molecule has 0 aromatic heterocycles. The van der Waals surface area contributed by atoms with Crippen molar-refractivity contribution in [3.05, 3.63) is 0 Å². The van der Waals surface area contributed by atoms with Crippen LogP contribution in [0.2, 0.25) is 0 Å². The van der Waals surface area contributed by atoms with Gasteiger partial charge < -0.3 is 14.8 Å². The zero-order chi connectivity index (χ0) is 12.0. The van der Waals surface area contributed by atoms with Crippen LogP contribution in [0.15, 0.2) is 0 Å². The third-order valence-corrected chi connectivity index (χ3v) is 5.29. The van der Waals surface area contributed by atoms with Gasteiger partial charge in [-0.3, -0.25) is 0 Å². The quantitative estimate of drug-likeness (QED) is 0.740. The standard InChI is InChI=1S/C14H25NO2/c1-8-7-11-9(2)15-13-10(14(11)17-8)5-4-6-12(13)16-3/h8-15H,4-7H2,1-3H3/p+1. The maximum atomic E-state index is 6.22. The molecule has 17 heavy (non-hydrogen) atoms. The van der Waals surface area contributed by atoms with E-state index < -0.39 is 0 Å². The van der Waals surface area contributed by atoms with Crippen LogP contribution in [-0.2, 0) is 9.47 Å². The predicted molar refractivity (Wildman–Crippen MR) is 65.8 cm³/mol. The summed E-state index contributed by atoms with van der Waals surface area (Å²) in [6.45, 7) is 4.60. The maximum Gasteiger partial charge on any atom is 0.118 e. The van der Waals surface area contributed by atoms with Crippen molar-refractivity contribution in [2.45, 2.75) is 69.9 Å². The van der Waals surface area contributed by atoms with Gasteiger partial charge in [0, 0.05) is 18.9 Å². The monoisotopic (exact) mass is 240 g/mol. The van der Waals surface area contributed by atoms with Gasteiger partial charge in [0.15, 0.2) is 0 Å². The molecule has 0 radical (unpaired) electrons. The third-order valence-electron chi connectivity index (χ3n) is 5.29. The summed E-state index contributed by atoms with van der Waals surface area (Å²) in [5, 5.41) is 2.58. The summed E-state index contributed by atoms with van der Waals surface area (Å²) < 4.78 is 11.9. The van der Waals surface area contributed by atoms with E-state index in [0.29, 0.717) is 30.4 Å². The lowest BCUT2D eigenvalue weighted by molar-refractivity contribution is -0.751. The molecular weight excluding hydrogens is 214 g/mol. The molecule has 2 saturated heterocycles. The molecule has 1 saturated carbocycles. The van der Waals surface area contributed by atoms with Crippen molar-refractivity contribution in [2.24, 2.45) is 11.8 Å². The van der Waals surface area contributed by atoms with Crippen LogP contribution >= 0.6 is 0 Å². The molecule has 2 N–H and O–H groups in total. The summed E-state index contributed by atoms with van der Waals surface area (Å²) in [6, 6.07) is 1.33. The van der Waals surface area contributed by atoms with E-state index in [2.05, 4.69) is 19.2 Å². The fourth-order valence-electron chi connectivity index (χ4n) is 4.51. The topological polar surface area (TPSA) is 35.1 Å². The molecule has 0 amide bonds. The normalized spacial score (nSPS) is 54.2. The highest BCUT2D eigenvalue weighted by Gasteiger charge is 2.53. The Morgan fingerprint density at radius 3 is 2.76 bits per heavy atom. The molecule has 1 aliphatic carbocycles. The number of hydrogen-bond acceptors (Lipinski definition) is 2. The predicted octanol–water partition coefficient (Wildman–Crippen LogP) is 0.929. The first-order valence-corrected chi connectivity index (χ1v) is 7.24. The molecule has 0 aromatic carbocycles. The number of piperidine rings is 1. The lowest BCUT2D eigenvalue weighted by Gasteiger charge is -2.45. The number of fused-ring (bicyclic) bond motifs is 3. The van der Waals surface area contributed by atoms with Crippen molar-refractivity contribution in [1.82, 2.24) is 0 Å². The van der Waals surface area contributed by atoms with Crippen LogP contribution in [0.3, 0.4) is 0 Å². The van der Waals surface area contributed by atoms with E-state index in [0.717, 1.165) is 11.8 Å². The zero-order valence-corrected chi connectivity index (χ0v) is 11.3. The molecular formula is C14H26NO2+. The second kappa shape index (κ2) is 4.52. The van der Waals surface area contributed by atoms with E-state index in [1.54, 1.807) is 0 Å². The van der Waals surface area contributed by atoms with E-state index in [1.807, 2.05) is 7.11 Å². The molecule has 7 atom stereocenters. The summed E-state index contributed by atoms with van der Waals surface area (Å²) in [4.78, 5) is 0. The molecule has 0 spiro atoms. The molecule has 3 aliphatic rings. The number of rotatable bonds is 1. The van der Waals surface area contributed by atoms with Crippen molar-refractivity contribution >= 4 is 0 Å². The summed E-state index contributed by atoms with van der Waals surface area (Å²) >= 11 is 0. The molecule has 7 unspecified atom stereocenters. The fourth-order valence-corrected chi connectivity index (χ4v) is 4.51. The molecule has 0 bridgehead atoms. The Labute approximate surface area is 104 Å². The molecule has 3 heteroatoms. The lowest BCUT2D eigenvalue weighted by atomic mass is 9.70. The van der Waals surface area contributed by atoms with Crippen molar-refractivity contribution in [3.63, 3.8) is 0 Å². The van der Waals surface area contributed by atoms with E-state index in [9.17, 15) is 0 Å². The largest absolute Gasteiger partial charge is 0.375 e. The van der Waals surface area contributed by atoms with Gasteiger partial charge in [0.2, 0.25) is 0 Å². The second-order valence-electron chi connectivity index (χ2n) is 6.31. The molecule has 0 aromatic rings. The lowest BCUT2D eigenvalue weighted by Crippen LogP contribution is -3.02. The molecule has 3 rings (SSSR count). The molecule has 3 nitrogen and oxygen atoms in total. The zero-order valence-electron chi connectivity index (χ0n) is 11.3. The van der Waals surface area contributed by atoms with E-state index in [1.165, 1.54) is 25.7 Å². The Bertz CT molecular complexity index is 281. The molecule has 98 valence electrons. The van der Waals surface area contributed by atoms with Gasteiger partial charge in [-0.1, -0.05) is 6.42 Å². The van der Waals surface area contributed by atoms with Gasteiger partial charge in [-0.15, -0.1) is 0 Å². The Kier molecular flexibility index (Phi) is 3.18. The minimum absolute atomic E-state index is 0.441. The van der Waals surface area contributed by atoms with Crippen molar-refractivity contribution in [1.29, 1.82) is 0 Å². The van der Waals surface area contributed by atoms with Crippen molar-refractivity contribution in [3.8, 4) is 0 Å². The number of hydrogen-bond donors (Lipinski definition) is 1. The van der Waals surface area contributed by atoms with Crippen LogP contribution in [0, 0.1) is 11.8 Å². The fraction of sp³-hybridized carbons (Fsp3) is 1.00. The first kappa shape index (κ1) is 11.9. The van der Waals surface area contributed by atoms with E-state index in [-0.39, 0.29) is 0 Å². The molecule has 2 aliphatic heterocycles. The van der Waals surface area contributed by atoms with Gasteiger partial charge >= 0.3 is 0 Å². The van der Waals surface area contributed by atoms with Gasteiger partial charge in [-0.2, -0.15) is 0 Å². The van der Waals surface area contributed by atoms with Crippen molar-refractivity contribution < 1.29 is 14.8 Å². The van der Waals surface area contributed by atoms with Gasteiger partial charge in [0.05, 0.1) is 18.2 Å². The highest BCUT2D eigenvalue weighted by molar-refractivity contribution is 4.97. The average Bonchev–Trinajstić information content (AvgIpc) is 2.71. The SMILES string of the molecule is COC1CCCC2C1[NH2+]C(C)C1CC(C)OC12. The number of nitrogens with two attached hydrogens (primary N) is 1. The summed E-state index contributed by atoms with van der Waals surface area (Å²) in [6.07, 6.45) is 6.54. The van der Waals surface area contributed by atoms with Crippen LogP contribution < -0.4 is 5.32 Å². The first-order valence-electron chi connectivity index (χ1n) is 7.24. The van der Waals surface area contributed by atoms with E-state index >= 15 is 0 Å². The van der Waals surface area contributed by atoms with Gasteiger partial charge in [-0.25, -0.2) is 0 Å². The summed E-state index contributed by atoms with van der Waals surface area (Å²) in [5.74, 6) is 1.49. The van der Waals surface area contributed by atoms with Crippen LogP contribution in [0.4, 0.5) is 0 Å². The van der Waals surface area contributed by atoms with Gasteiger partial charge in [0.1, 0.15) is 12.1 Å². The number of quaternary nitrogens is 1. The Morgan fingerprint density at radius 2 is 2.00 bits per heavy atom. The van der Waals surface area contributed by atoms with Crippen LogP contribution in [0.1, 0.15) is 39.5 Å². The Morgan fingerprint density at radius 1 is 1.18 bits per heavy atom. The Hall–Kier alpha value is -0.120. The second-order valence-corrected chi connectivity index (χ2v) is 6.31. The van der Waals surface area contributed by atoms with Crippen LogP contribution in [0.5, 0.6) is 0 Å². The third kappa shape index (κ3) is 1.92. The molecule has 3 fully saturated rings. The smallest absolute Gasteiger partial charge is 0.118 e. The van der Waals surface area contributed by atoms with Gasteiger partial charge in [-0.05, 0) is 33.1 Å². The highest BCUT2D eigenvalue weighted by atomic mass is 16.5. The van der Waals surface area contributed by atoms with E-state index in [4.69, 9.17) is 9.47 Å². The number of ether oxygens (including phenoxy) is 2. The first-order chi connectivity index (χ1) is 8.20. The summed E-state index contributed by atoms with van der Waals surface area (Å²) in [7, 11) is 1.87. The van der Waals surface area contributed by atoms with Crippen LogP contribution in [0.25, 0.3) is 0 Å². The van der Waals surface area contributed by atoms with Crippen molar-refractivity contribution in [2.75, 3.05) is 7.11 Å². The minimum atomic E-state index is 0.441. The summed E-state index contributed by atoms with van der Waals surface area (Å²) in [5.41, 5.74) is 0. The average molecular weight is 240 g/mol. The van der Waals surface area contributed by atoms with Gasteiger partial charge in [0.25, 0.3) is 0 Å². The number of methoxy groups -OCH3 is 1. The van der Waals surface area contributed by atoms with Crippen LogP contribution in [-0.4, -0.2) is 37.5 Å². The minimum Gasteiger partial charge on any atom is -0.375 e. The highest BCUT2D eigenvalue weighted by Crippen LogP contribution is 2.41. The maximum absolute atomic E-state index is 6.22.